The zero-order chi connectivity index (χ0) is 18.4. The molecule has 2 rings (SSSR count). The lowest BCUT2D eigenvalue weighted by Gasteiger charge is -2.20. The summed E-state index contributed by atoms with van der Waals surface area (Å²) in [6.07, 6.45) is 0.852. The number of carbonyl (C=O) groups is 3. The molecule has 0 saturated carbocycles. The summed E-state index contributed by atoms with van der Waals surface area (Å²) >= 11 is 0. The summed E-state index contributed by atoms with van der Waals surface area (Å²) in [5, 5.41) is 5.18. The maximum Gasteiger partial charge on any atom is 0.239 e. The van der Waals surface area contributed by atoms with Crippen LogP contribution in [0.25, 0.3) is 0 Å². The van der Waals surface area contributed by atoms with Crippen LogP contribution in [0.4, 0.5) is 0 Å². The summed E-state index contributed by atoms with van der Waals surface area (Å²) in [5.74, 6) is -0.988. The van der Waals surface area contributed by atoms with Crippen molar-refractivity contribution in [1.82, 2.24) is 10.6 Å². The van der Waals surface area contributed by atoms with Crippen LogP contribution in [0.2, 0.25) is 0 Å². The summed E-state index contributed by atoms with van der Waals surface area (Å²) < 4.78 is 5.22. The Kier molecular flexibility index (Phi) is 6.27. The molecule has 1 aromatic carbocycles. The third kappa shape index (κ3) is 5.37. The van der Waals surface area contributed by atoms with Gasteiger partial charge in [0, 0.05) is 0 Å². The van der Waals surface area contributed by atoms with Gasteiger partial charge in [0.25, 0.3) is 0 Å². The highest BCUT2D eigenvalue weighted by atomic mass is 16.6. The first-order valence-electron chi connectivity index (χ1n) is 8.40. The smallest absolute Gasteiger partial charge is 0.239 e. The van der Waals surface area contributed by atoms with Crippen molar-refractivity contribution in [3.05, 3.63) is 35.9 Å². The zero-order valence-electron chi connectivity index (χ0n) is 14.6. The average Bonchev–Trinajstić information content (AvgIpc) is 3.37. The van der Waals surface area contributed by atoms with Gasteiger partial charge in [-0.2, -0.15) is 0 Å². The van der Waals surface area contributed by atoms with E-state index in [1.165, 1.54) is 0 Å². The van der Waals surface area contributed by atoms with Crippen molar-refractivity contribution in [2.45, 2.75) is 44.4 Å². The van der Waals surface area contributed by atoms with E-state index < -0.39 is 23.6 Å². The van der Waals surface area contributed by atoms with E-state index in [-0.39, 0.29) is 18.2 Å². The van der Waals surface area contributed by atoms with Crippen LogP contribution >= 0.6 is 0 Å². The lowest BCUT2D eigenvalue weighted by Crippen LogP contribution is -2.51. The van der Waals surface area contributed by atoms with E-state index in [9.17, 15) is 14.4 Å². The first-order valence-corrected chi connectivity index (χ1v) is 8.40. The summed E-state index contributed by atoms with van der Waals surface area (Å²) in [5.41, 5.74) is 5.71. The van der Waals surface area contributed by atoms with Crippen LogP contribution in [0, 0.1) is 0 Å². The van der Waals surface area contributed by atoms with Crippen LogP contribution in [0.3, 0.4) is 0 Å². The lowest BCUT2D eigenvalue weighted by molar-refractivity contribution is -0.131. The van der Waals surface area contributed by atoms with Crippen LogP contribution in [0.1, 0.15) is 25.8 Å². The molecule has 2 amide bonds. The molecule has 1 aliphatic rings. The fourth-order valence-electron chi connectivity index (χ4n) is 2.41. The molecule has 1 aliphatic heterocycles. The molecule has 0 spiro atoms. The number of carbonyl (C=O) groups excluding carboxylic acids is 3. The van der Waals surface area contributed by atoms with Crippen molar-refractivity contribution in [1.29, 1.82) is 0 Å². The molecule has 3 unspecified atom stereocenters. The van der Waals surface area contributed by atoms with Gasteiger partial charge >= 0.3 is 0 Å². The molecule has 1 fully saturated rings. The molecule has 3 atom stereocenters. The number of hydrogen-bond donors (Lipinski definition) is 3. The lowest BCUT2D eigenvalue weighted by atomic mass is 9.95. The van der Waals surface area contributed by atoms with Crippen LogP contribution in [-0.4, -0.2) is 48.4 Å². The topological polar surface area (TPSA) is 114 Å². The van der Waals surface area contributed by atoms with Crippen molar-refractivity contribution in [2.24, 2.45) is 5.73 Å². The minimum absolute atomic E-state index is 0.165. The summed E-state index contributed by atoms with van der Waals surface area (Å²) in [6.45, 7) is 3.63. The maximum atomic E-state index is 12.6. The zero-order valence-corrected chi connectivity index (χ0v) is 14.6. The van der Waals surface area contributed by atoms with Crippen LogP contribution in [-0.2, 0) is 25.5 Å². The van der Waals surface area contributed by atoms with E-state index in [0.717, 1.165) is 5.56 Å². The van der Waals surface area contributed by atoms with Gasteiger partial charge in [-0.3, -0.25) is 14.4 Å². The predicted molar refractivity (Wildman–Crippen MR) is 92.7 cm³/mol. The highest BCUT2D eigenvalue weighted by Crippen LogP contribution is 2.29. The minimum Gasteiger partial charge on any atom is -0.361 e. The van der Waals surface area contributed by atoms with Gasteiger partial charge in [-0.15, -0.1) is 0 Å². The van der Waals surface area contributed by atoms with Crippen molar-refractivity contribution >= 4 is 17.6 Å². The van der Waals surface area contributed by atoms with E-state index in [1.54, 1.807) is 13.8 Å². The van der Waals surface area contributed by atoms with Gasteiger partial charge in [0.05, 0.1) is 25.2 Å². The molecular weight excluding hydrogens is 322 g/mol. The molecule has 0 bridgehead atoms. The second kappa shape index (κ2) is 8.22. The number of ketones is 1. The first-order chi connectivity index (χ1) is 11.9. The highest BCUT2D eigenvalue weighted by molar-refractivity contribution is 5.97. The van der Waals surface area contributed by atoms with E-state index >= 15 is 0 Å². The van der Waals surface area contributed by atoms with Crippen LogP contribution in [0.15, 0.2) is 30.3 Å². The second-order valence-corrected chi connectivity index (χ2v) is 6.43. The predicted octanol–water partition coefficient (Wildman–Crippen LogP) is -0.0746. The van der Waals surface area contributed by atoms with Gasteiger partial charge in [-0.05, 0) is 25.3 Å². The number of nitrogens with one attached hydrogen (secondary N) is 2. The third-order valence-electron chi connectivity index (χ3n) is 4.23. The molecule has 7 nitrogen and oxygen atoms in total. The van der Waals surface area contributed by atoms with E-state index in [0.29, 0.717) is 19.4 Å². The van der Waals surface area contributed by atoms with Gasteiger partial charge in [-0.1, -0.05) is 37.3 Å². The summed E-state index contributed by atoms with van der Waals surface area (Å²) in [4.78, 5) is 36.4. The van der Waals surface area contributed by atoms with Gasteiger partial charge < -0.3 is 21.1 Å². The summed E-state index contributed by atoms with van der Waals surface area (Å²) in [7, 11) is 0. The normalized spacial score (nSPS) is 21.1. The number of Topliss-reactive ketones (excluding diaryl/α,β-unsaturated/α-hetero) is 1. The molecule has 0 aliphatic carbocycles. The van der Waals surface area contributed by atoms with Gasteiger partial charge in [-0.25, -0.2) is 0 Å². The van der Waals surface area contributed by atoms with Gasteiger partial charge in [0.1, 0.15) is 5.60 Å². The van der Waals surface area contributed by atoms with Crippen molar-refractivity contribution < 1.29 is 19.1 Å². The molecule has 1 saturated heterocycles. The van der Waals surface area contributed by atoms with Crippen LogP contribution < -0.4 is 16.4 Å². The standard InChI is InChI=1S/C18H25N3O4/c1-3-13(19)17(24)20-10-15(22)21-14(16(23)18(2)11-25-18)9-12-7-5-4-6-8-12/h4-8,13-14H,3,9-11,19H2,1-2H3,(H,20,24)(H,21,22). The molecule has 1 heterocycles. The molecular formula is C18H25N3O4. The minimum atomic E-state index is -0.833. The Morgan fingerprint density at radius 1 is 1.28 bits per heavy atom. The van der Waals surface area contributed by atoms with Gasteiger partial charge in [0.2, 0.25) is 11.8 Å². The maximum absolute atomic E-state index is 12.6. The summed E-state index contributed by atoms with van der Waals surface area (Å²) in [6, 6.07) is 8.07. The Labute approximate surface area is 147 Å². The average molecular weight is 347 g/mol. The number of amides is 2. The van der Waals surface area contributed by atoms with E-state index in [4.69, 9.17) is 10.5 Å². The van der Waals surface area contributed by atoms with Crippen LogP contribution in [0.5, 0.6) is 0 Å². The number of benzene rings is 1. The molecule has 25 heavy (non-hydrogen) atoms. The molecule has 0 aromatic heterocycles. The first kappa shape index (κ1) is 19.1. The number of hydrogen-bond acceptors (Lipinski definition) is 5. The van der Waals surface area contributed by atoms with Gasteiger partial charge in [0.15, 0.2) is 5.78 Å². The van der Waals surface area contributed by atoms with Crippen molar-refractivity contribution in [3.8, 4) is 0 Å². The molecule has 0 radical (unpaired) electrons. The molecule has 7 heteroatoms. The Balaban J connectivity index is 1.97. The van der Waals surface area contributed by atoms with Crippen molar-refractivity contribution in [3.63, 3.8) is 0 Å². The number of epoxide rings is 1. The quantitative estimate of drug-likeness (QED) is 0.541. The Bertz CT molecular complexity index is 628. The fourth-order valence-corrected chi connectivity index (χ4v) is 2.41. The number of rotatable bonds is 9. The largest absolute Gasteiger partial charge is 0.361 e. The molecule has 1 aromatic rings. The highest BCUT2D eigenvalue weighted by Gasteiger charge is 2.49. The van der Waals surface area contributed by atoms with E-state index in [2.05, 4.69) is 10.6 Å². The number of ether oxygens (including phenoxy) is 1. The monoisotopic (exact) mass is 347 g/mol. The molecule has 136 valence electrons. The molecule has 4 N–H and O–H groups in total. The Morgan fingerprint density at radius 3 is 2.48 bits per heavy atom. The SMILES string of the molecule is CCC(N)C(=O)NCC(=O)NC(Cc1ccccc1)C(=O)C1(C)CO1. The second-order valence-electron chi connectivity index (χ2n) is 6.43. The fraction of sp³-hybridized carbons (Fsp3) is 0.500. The Hall–Kier alpha value is -2.25. The number of nitrogens with two attached hydrogens (primary N) is 1. The van der Waals surface area contributed by atoms with Crippen molar-refractivity contribution in [2.75, 3.05) is 13.2 Å². The Morgan fingerprint density at radius 2 is 1.92 bits per heavy atom. The van der Waals surface area contributed by atoms with E-state index in [1.807, 2.05) is 30.3 Å². The third-order valence-corrected chi connectivity index (χ3v) is 4.23.